The Kier molecular flexibility index (Phi) is 6.37. The Hall–Kier alpha value is -2.41. The third-order valence-corrected chi connectivity index (χ3v) is 6.05. The maximum atomic E-state index is 11.5. The zero-order valence-corrected chi connectivity index (χ0v) is 17.2. The number of ether oxygens (including phenoxy) is 1. The van der Waals surface area contributed by atoms with E-state index in [2.05, 4.69) is 22.3 Å². The van der Waals surface area contributed by atoms with Crippen molar-refractivity contribution in [2.24, 2.45) is 0 Å². The molecule has 2 aliphatic rings. The largest absolute Gasteiger partial charge is 0.491 e. The number of aliphatic hydroxyl groups is 2. The first-order chi connectivity index (χ1) is 14.5. The molecule has 160 valence electrons. The molecule has 0 bridgehead atoms. The molecule has 1 fully saturated rings. The lowest BCUT2D eigenvalue weighted by Gasteiger charge is -2.39. The van der Waals surface area contributed by atoms with E-state index in [0.29, 0.717) is 44.4 Å². The monoisotopic (exact) mass is 410 g/mol. The second-order valence-corrected chi connectivity index (χ2v) is 8.52. The molecule has 1 saturated heterocycles. The number of β-amino-alcohol motifs (C(OH)–C–C–N with tert-alkyl or cyclic N) is 1. The van der Waals surface area contributed by atoms with Crippen LogP contribution in [0.2, 0.25) is 0 Å². The molecule has 2 heterocycles. The molecule has 2 aromatic rings. The number of anilines is 1. The lowest BCUT2D eigenvalue weighted by Crippen LogP contribution is -2.48. The number of amides is 1. The van der Waals surface area contributed by atoms with Crippen molar-refractivity contribution in [2.75, 3.05) is 31.6 Å². The van der Waals surface area contributed by atoms with E-state index < -0.39 is 11.7 Å². The smallest absolute Gasteiger partial charge is 0.224 e. The number of nitrogens with zero attached hydrogens (tertiary/aromatic N) is 1. The third-order valence-electron chi connectivity index (χ3n) is 6.05. The van der Waals surface area contributed by atoms with Crippen LogP contribution in [0.1, 0.15) is 30.4 Å². The van der Waals surface area contributed by atoms with E-state index in [1.165, 1.54) is 0 Å². The summed E-state index contributed by atoms with van der Waals surface area (Å²) < 4.78 is 5.78. The van der Waals surface area contributed by atoms with Gasteiger partial charge in [-0.1, -0.05) is 30.3 Å². The minimum atomic E-state index is -0.669. The maximum absolute atomic E-state index is 11.5. The van der Waals surface area contributed by atoms with Gasteiger partial charge in [-0.05, 0) is 48.6 Å². The number of piperidine rings is 1. The molecule has 0 saturated carbocycles. The first kappa shape index (κ1) is 20.8. The summed E-state index contributed by atoms with van der Waals surface area (Å²) in [5.74, 6) is 0.753. The molecule has 6 nitrogen and oxygen atoms in total. The molecule has 0 spiro atoms. The highest BCUT2D eigenvalue weighted by Crippen LogP contribution is 2.28. The molecule has 4 rings (SSSR count). The predicted octanol–water partition coefficient (Wildman–Crippen LogP) is 2.38. The van der Waals surface area contributed by atoms with Gasteiger partial charge in [0.05, 0.1) is 5.60 Å². The molecule has 0 unspecified atom stereocenters. The number of nitrogens with one attached hydrogen (secondary N) is 1. The Bertz CT molecular complexity index is 863. The normalized spacial score (nSPS) is 19.6. The highest BCUT2D eigenvalue weighted by molar-refractivity contribution is 5.93. The number of hydrogen-bond donors (Lipinski definition) is 3. The first-order valence-electron chi connectivity index (χ1n) is 10.7. The highest BCUT2D eigenvalue weighted by atomic mass is 16.5. The predicted molar refractivity (Wildman–Crippen MR) is 116 cm³/mol. The number of aryl methyl sites for hydroxylation is 1. The molecular formula is C24H30N2O4. The minimum Gasteiger partial charge on any atom is -0.491 e. The van der Waals surface area contributed by atoms with Gasteiger partial charge >= 0.3 is 0 Å². The van der Waals surface area contributed by atoms with E-state index >= 15 is 0 Å². The summed E-state index contributed by atoms with van der Waals surface area (Å²) in [6.45, 7) is 2.27. The zero-order chi connectivity index (χ0) is 21.0. The average molecular weight is 411 g/mol. The fraction of sp³-hybridized carbons (Fsp3) is 0.458. The van der Waals surface area contributed by atoms with Gasteiger partial charge in [-0.25, -0.2) is 0 Å². The van der Waals surface area contributed by atoms with Gasteiger partial charge < -0.3 is 25.2 Å². The number of rotatable bonds is 7. The van der Waals surface area contributed by atoms with Gasteiger partial charge in [-0.15, -0.1) is 0 Å². The topological polar surface area (TPSA) is 82.0 Å². The molecule has 3 N–H and O–H groups in total. The van der Waals surface area contributed by atoms with Crippen molar-refractivity contribution in [3.05, 3.63) is 59.7 Å². The maximum Gasteiger partial charge on any atom is 0.224 e. The summed E-state index contributed by atoms with van der Waals surface area (Å²) >= 11 is 0. The molecule has 0 radical (unpaired) electrons. The Morgan fingerprint density at radius 2 is 1.87 bits per heavy atom. The zero-order valence-electron chi connectivity index (χ0n) is 17.2. The lowest BCUT2D eigenvalue weighted by atomic mass is 9.85. The SMILES string of the molecule is O=C1CCc2cc(OC[C@@H](O)CN3CCC(O)(Cc4ccccc4)CC3)ccc2N1. The summed E-state index contributed by atoms with van der Waals surface area (Å²) in [4.78, 5) is 13.6. The molecule has 2 aromatic carbocycles. The summed E-state index contributed by atoms with van der Waals surface area (Å²) in [5, 5.41) is 24.2. The van der Waals surface area contributed by atoms with Gasteiger partial charge in [-0.3, -0.25) is 4.79 Å². The van der Waals surface area contributed by atoms with Gasteiger partial charge in [0.15, 0.2) is 0 Å². The number of aliphatic hydroxyl groups excluding tert-OH is 1. The average Bonchev–Trinajstić information content (AvgIpc) is 2.74. The van der Waals surface area contributed by atoms with Crippen LogP contribution >= 0.6 is 0 Å². The third kappa shape index (κ3) is 5.39. The Morgan fingerprint density at radius 1 is 1.10 bits per heavy atom. The number of carbonyl (C=O) groups is 1. The first-order valence-corrected chi connectivity index (χ1v) is 10.7. The summed E-state index contributed by atoms with van der Waals surface area (Å²) in [7, 11) is 0. The quantitative estimate of drug-likeness (QED) is 0.653. The van der Waals surface area contributed by atoms with Gasteiger partial charge in [-0.2, -0.15) is 0 Å². The van der Waals surface area contributed by atoms with Crippen LogP contribution < -0.4 is 10.1 Å². The summed E-state index contributed by atoms with van der Waals surface area (Å²) in [6, 6.07) is 15.7. The van der Waals surface area contributed by atoms with E-state index in [0.717, 1.165) is 29.9 Å². The summed E-state index contributed by atoms with van der Waals surface area (Å²) in [6.07, 6.45) is 2.68. The lowest BCUT2D eigenvalue weighted by molar-refractivity contribution is -0.116. The van der Waals surface area contributed by atoms with Crippen molar-refractivity contribution in [3.63, 3.8) is 0 Å². The van der Waals surface area contributed by atoms with E-state index in [1.807, 2.05) is 36.4 Å². The van der Waals surface area contributed by atoms with Crippen molar-refractivity contribution in [3.8, 4) is 5.75 Å². The standard InChI is InChI=1S/C24H30N2O4/c27-20(17-30-21-7-8-22-19(14-21)6-9-23(28)25-22)16-26-12-10-24(29,11-13-26)15-18-4-2-1-3-5-18/h1-5,7-8,14,20,27,29H,6,9-13,15-17H2,(H,25,28)/t20-/m0/s1. The number of likely N-dealkylation sites (tertiary alicyclic amines) is 1. The van der Waals surface area contributed by atoms with Crippen molar-refractivity contribution in [2.45, 2.75) is 43.8 Å². The van der Waals surface area contributed by atoms with Crippen LogP contribution in [0.15, 0.2) is 48.5 Å². The van der Waals surface area contributed by atoms with E-state index in [4.69, 9.17) is 4.74 Å². The van der Waals surface area contributed by atoms with E-state index in [9.17, 15) is 15.0 Å². The van der Waals surface area contributed by atoms with Gasteiger partial charge in [0.1, 0.15) is 18.5 Å². The van der Waals surface area contributed by atoms with Crippen LogP contribution in [0.5, 0.6) is 5.75 Å². The number of carbonyl (C=O) groups excluding carboxylic acids is 1. The number of benzene rings is 2. The van der Waals surface area contributed by atoms with Crippen LogP contribution in [0.3, 0.4) is 0 Å². The van der Waals surface area contributed by atoms with Crippen molar-refractivity contribution >= 4 is 11.6 Å². The van der Waals surface area contributed by atoms with Gasteiger partial charge in [0, 0.05) is 38.2 Å². The van der Waals surface area contributed by atoms with Gasteiger partial charge in [0.2, 0.25) is 5.91 Å². The number of hydrogen-bond acceptors (Lipinski definition) is 5. The molecule has 30 heavy (non-hydrogen) atoms. The molecule has 1 atom stereocenters. The van der Waals surface area contributed by atoms with Crippen molar-refractivity contribution < 1.29 is 19.7 Å². The molecular weight excluding hydrogens is 380 g/mol. The fourth-order valence-corrected chi connectivity index (χ4v) is 4.30. The second kappa shape index (κ2) is 9.16. The molecule has 0 aliphatic carbocycles. The van der Waals surface area contributed by atoms with Gasteiger partial charge in [0.25, 0.3) is 0 Å². The van der Waals surface area contributed by atoms with E-state index in [-0.39, 0.29) is 12.5 Å². The van der Waals surface area contributed by atoms with Crippen molar-refractivity contribution in [1.82, 2.24) is 4.90 Å². The van der Waals surface area contributed by atoms with Crippen LogP contribution in [-0.2, 0) is 17.6 Å². The minimum absolute atomic E-state index is 0.0452. The Morgan fingerprint density at radius 3 is 2.63 bits per heavy atom. The molecule has 0 aromatic heterocycles. The second-order valence-electron chi connectivity index (χ2n) is 8.52. The van der Waals surface area contributed by atoms with E-state index in [1.54, 1.807) is 0 Å². The number of fused-ring (bicyclic) bond motifs is 1. The highest BCUT2D eigenvalue weighted by Gasteiger charge is 2.32. The molecule has 1 amide bonds. The van der Waals surface area contributed by atoms with Crippen LogP contribution in [-0.4, -0.2) is 59.0 Å². The fourth-order valence-electron chi connectivity index (χ4n) is 4.30. The molecule has 6 heteroatoms. The Labute approximate surface area is 177 Å². The molecule has 2 aliphatic heterocycles. The summed E-state index contributed by atoms with van der Waals surface area (Å²) in [5.41, 5.74) is 2.40. The van der Waals surface area contributed by atoms with Crippen LogP contribution in [0, 0.1) is 0 Å². The van der Waals surface area contributed by atoms with Crippen molar-refractivity contribution in [1.29, 1.82) is 0 Å². The van der Waals surface area contributed by atoms with Crippen LogP contribution in [0.25, 0.3) is 0 Å². The Balaban J connectivity index is 1.22. The van der Waals surface area contributed by atoms with Crippen LogP contribution in [0.4, 0.5) is 5.69 Å².